The van der Waals surface area contributed by atoms with Crippen LogP contribution in [0.5, 0.6) is 0 Å². The van der Waals surface area contributed by atoms with Crippen LogP contribution in [-0.4, -0.2) is 23.9 Å². The van der Waals surface area contributed by atoms with Crippen molar-refractivity contribution >= 4 is 23.2 Å². The lowest BCUT2D eigenvalue weighted by Crippen LogP contribution is -2.39. The smallest absolute Gasteiger partial charge is 0.241 e. The van der Waals surface area contributed by atoms with Crippen molar-refractivity contribution in [2.75, 3.05) is 12.4 Å². The van der Waals surface area contributed by atoms with Gasteiger partial charge in [0, 0.05) is 17.3 Å². The molecule has 1 amide bonds. The zero-order valence-electron chi connectivity index (χ0n) is 14.7. The molecule has 2 aromatic carbocycles. The summed E-state index contributed by atoms with van der Waals surface area (Å²) in [6.45, 7) is 6.91. The highest BCUT2D eigenvalue weighted by molar-refractivity contribution is 6.30. The standard InChI is InChI=1S/C20H25ClN2O/c1-14(2)17-7-11-19(12-8-17)22-20(24)15(3)23(4)13-16-5-9-18(21)10-6-16/h5-12,14-15H,13H2,1-4H3,(H,22,24). The van der Waals surface area contributed by atoms with Crippen molar-refractivity contribution < 1.29 is 4.79 Å². The molecule has 0 fully saturated rings. The van der Waals surface area contributed by atoms with Gasteiger partial charge in [-0.2, -0.15) is 0 Å². The van der Waals surface area contributed by atoms with E-state index >= 15 is 0 Å². The van der Waals surface area contributed by atoms with Crippen LogP contribution in [-0.2, 0) is 11.3 Å². The predicted octanol–water partition coefficient (Wildman–Crippen LogP) is 4.92. The summed E-state index contributed by atoms with van der Waals surface area (Å²) in [6, 6.07) is 15.5. The zero-order chi connectivity index (χ0) is 17.7. The highest BCUT2D eigenvalue weighted by Gasteiger charge is 2.18. The lowest BCUT2D eigenvalue weighted by atomic mass is 10.0. The number of amides is 1. The number of carbonyl (C=O) groups is 1. The summed E-state index contributed by atoms with van der Waals surface area (Å²) >= 11 is 5.90. The number of rotatable bonds is 6. The molecular weight excluding hydrogens is 320 g/mol. The minimum Gasteiger partial charge on any atom is -0.325 e. The number of halogens is 1. The summed E-state index contributed by atoms with van der Waals surface area (Å²) in [6.07, 6.45) is 0. The molecule has 1 unspecified atom stereocenters. The molecule has 1 N–H and O–H groups in total. The molecule has 0 heterocycles. The summed E-state index contributed by atoms with van der Waals surface area (Å²) in [7, 11) is 1.95. The Labute approximate surface area is 149 Å². The van der Waals surface area contributed by atoms with Gasteiger partial charge >= 0.3 is 0 Å². The second kappa shape index (κ2) is 8.32. The van der Waals surface area contributed by atoms with Gasteiger partial charge in [-0.15, -0.1) is 0 Å². The average molecular weight is 345 g/mol. The third-order valence-electron chi connectivity index (χ3n) is 4.23. The maximum absolute atomic E-state index is 12.4. The quantitative estimate of drug-likeness (QED) is 0.806. The largest absolute Gasteiger partial charge is 0.325 e. The van der Waals surface area contributed by atoms with E-state index < -0.39 is 0 Å². The molecule has 2 aromatic rings. The highest BCUT2D eigenvalue weighted by atomic mass is 35.5. The molecule has 0 radical (unpaired) electrons. The van der Waals surface area contributed by atoms with Crippen LogP contribution in [0.25, 0.3) is 0 Å². The number of nitrogens with one attached hydrogen (secondary N) is 1. The van der Waals surface area contributed by atoms with E-state index in [4.69, 9.17) is 11.6 Å². The van der Waals surface area contributed by atoms with E-state index in [2.05, 4.69) is 31.3 Å². The third kappa shape index (κ3) is 5.08. The van der Waals surface area contributed by atoms with Crippen LogP contribution in [0.3, 0.4) is 0 Å². The number of hydrogen-bond acceptors (Lipinski definition) is 2. The van der Waals surface area contributed by atoms with Crippen LogP contribution in [0.15, 0.2) is 48.5 Å². The van der Waals surface area contributed by atoms with Gasteiger partial charge in [0.15, 0.2) is 0 Å². The molecule has 0 saturated heterocycles. The number of carbonyl (C=O) groups excluding carboxylic acids is 1. The van der Waals surface area contributed by atoms with Gasteiger partial charge in [0.25, 0.3) is 0 Å². The summed E-state index contributed by atoms with van der Waals surface area (Å²) in [5.74, 6) is 0.475. The first-order valence-corrected chi connectivity index (χ1v) is 8.60. The number of benzene rings is 2. The summed E-state index contributed by atoms with van der Waals surface area (Å²) in [5, 5.41) is 3.70. The molecule has 0 bridgehead atoms. The second-order valence-electron chi connectivity index (χ2n) is 6.48. The normalized spacial score (nSPS) is 12.5. The molecule has 1 atom stereocenters. The van der Waals surface area contributed by atoms with Gasteiger partial charge in [-0.05, 0) is 55.3 Å². The van der Waals surface area contributed by atoms with Crippen LogP contribution in [0.2, 0.25) is 5.02 Å². The van der Waals surface area contributed by atoms with Crippen LogP contribution in [0.1, 0.15) is 37.8 Å². The fourth-order valence-corrected chi connectivity index (χ4v) is 2.54. The zero-order valence-corrected chi connectivity index (χ0v) is 15.5. The van der Waals surface area contributed by atoms with Crippen molar-refractivity contribution in [2.24, 2.45) is 0 Å². The van der Waals surface area contributed by atoms with Crippen molar-refractivity contribution in [3.8, 4) is 0 Å². The van der Waals surface area contributed by atoms with E-state index in [0.717, 1.165) is 16.3 Å². The fraction of sp³-hybridized carbons (Fsp3) is 0.350. The minimum atomic E-state index is -0.231. The summed E-state index contributed by atoms with van der Waals surface area (Å²) < 4.78 is 0. The third-order valence-corrected chi connectivity index (χ3v) is 4.48. The van der Waals surface area contributed by atoms with Gasteiger partial charge in [-0.1, -0.05) is 49.7 Å². The number of nitrogens with zero attached hydrogens (tertiary/aromatic N) is 1. The van der Waals surface area contributed by atoms with Crippen LogP contribution in [0, 0.1) is 0 Å². The Hall–Kier alpha value is -1.84. The van der Waals surface area contributed by atoms with Gasteiger partial charge in [0.2, 0.25) is 5.91 Å². The predicted molar refractivity (Wildman–Crippen MR) is 102 cm³/mol. The van der Waals surface area contributed by atoms with Crippen LogP contribution < -0.4 is 5.32 Å². The molecule has 128 valence electrons. The first-order chi connectivity index (χ1) is 11.4. The van der Waals surface area contributed by atoms with E-state index in [1.165, 1.54) is 5.56 Å². The molecular formula is C20H25ClN2O. The van der Waals surface area contributed by atoms with Crippen LogP contribution >= 0.6 is 11.6 Å². The Morgan fingerprint density at radius 1 is 1.04 bits per heavy atom. The molecule has 0 aliphatic heterocycles. The van der Waals surface area contributed by atoms with E-state index in [-0.39, 0.29) is 11.9 Å². The Balaban J connectivity index is 1.94. The second-order valence-corrected chi connectivity index (χ2v) is 6.92. The summed E-state index contributed by atoms with van der Waals surface area (Å²) in [5.41, 5.74) is 3.22. The fourth-order valence-electron chi connectivity index (χ4n) is 2.41. The minimum absolute atomic E-state index is 0.0104. The first-order valence-electron chi connectivity index (χ1n) is 8.22. The van der Waals surface area contributed by atoms with Gasteiger partial charge in [-0.25, -0.2) is 0 Å². The molecule has 2 rings (SSSR count). The summed E-state index contributed by atoms with van der Waals surface area (Å²) in [4.78, 5) is 14.5. The van der Waals surface area contributed by atoms with Crippen molar-refractivity contribution in [3.63, 3.8) is 0 Å². The lowest BCUT2D eigenvalue weighted by Gasteiger charge is -2.24. The average Bonchev–Trinajstić information content (AvgIpc) is 2.56. The van der Waals surface area contributed by atoms with E-state index in [1.807, 2.05) is 55.3 Å². The Kier molecular flexibility index (Phi) is 6.41. The molecule has 0 aliphatic carbocycles. The van der Waals surface area contributed by atoms with Crippen molar-refractivity contribution in [3.05, 3.63) is 64.7 Å². The molecule has 24 heavy (non-hydrogen) atoms. The van der Waals surface area contributed by atoms with Gasteiger partial charge < -0.3 is 5.32 Å². The maximum atomic E-state index is 12.4. The number of anilines is 1. The van der Waals surface area contributed by atoms with Gasteiger partial charge in [0.1, 0.15) is 0 Å². The molecule has 0 saturated carbocycles. The Morgan fingerprint density at radius 2 is 1.62 bits per heavy atom. The molecule has 4 heteroatoms. The molecule has 0 aromatic heterocycles. The van der Waals surface area contributed by atoms with Crippen molar-refractivity contribution in [1.82, 2.24) is 4.90 Å². The number of likely N-dealkylation sites (N-methyl/N-ethyl adjacent to an activating group) is 1. The first kappa shape index (κ1) is 18.5. The monoisotopic (exact) mass is 344 g/mol. The SMILES string of the molecule is CC(C)c1ccc(NC(=O)C(C)N(C)Cc2ccc(Cl)cc2)cc1. The molecule has 0 spiro atoms. The Morgan fingerprint density at radius 3 is 2.17 bits per heavy atom. The van der Waals surface area contributed by atoms with Gasteiger partial charge in [0.05, 0.1) is 6.04 Å². The van der Waals surface area contributed by atoms with E-state index in [0.29, 0.717) is 12.5 Å². The van der Waals surface area contributed by atoms with Crippen molar-refractivity contribution in [1.29, 1.82) is 0 Å². The molecule has 3 nitrogen and oxygen atoms in total. The van der Waals surface area contributed by atoms with Crippen molar-refractivity contribution in [2.45, 2.75) is 39.3 Å². The van der Waals surface area contributed by atoms with E-state index in [9.17, 15) is 4.79 Å². The van der Waals surface area contributed by atoms with E-state index in [1.54, 1.807) is 0 Å². The molecule has 0 aliphatic rings. The van der Waals surface area contributed by atoms with Gasteiger partial charge in [-0.3, -0.25) is 9.69 Å². The highest BCUT2D eigenvalue weighted by Crippen LogP contribution is 2.18. The lowest BCUT2D eigenvalue weighted by molar-refractivity contribution is -0.120. The number of hydrogen-bond donors (Lipinski definition) is 1. The maximum Gasteiger partial charge on any atom is 0.241 e. The Bertz CT molecular complexity index is 665. The van der Waals surface area contributed by atoms with Crippen LogP contribution in [0.4, 0.5) is 5.69 Å². The topological polar surface area (TPSA) is 32.3 Å².